The molecule has 0 heterocycles. The first-order valence-corrected chi connectivity index (χ1v) is 2.35. The van der Waals surface area contributed by atoms with Crippen molar-refractivity contribution in [1.29, 1.82) is 0 Å². The summed E-state index contributed by atoms with van der Waals surface area (Å²) < 4.78 is 8.88. The summed E-state index contributed by atoms with van der Waals surface area (Å²) in [6.07, 6.45) is 0. The second kappa shape index (κ2) is 6.58. The van der Waals surface area contributed by atoms with Gasteiger partial charge in [0.2, 0.25) is 0 Å². The molecule has 0 radical (unpaired) electrons. The molecule has 0 amide bonds. The number of phosphoric acid groups is 1. The van der Waals surface area contributed by atoms with Gasteiger partial charge in [-0.3, -0.25) is 0 Å². The summed E-state index contributed by atoms with van der Waals surface area (Å²) in [7, 11) is -4.64. The smallest absolute Gasteiger partial charge is 1.00 e. The van der Waals surface area contributed by atoms with Crippen molar-refractivity contribution in [2.45, 2.75) is 0 Å². The predicted octanol–water partition coefficient (Wildman–Crippen LogP) is -3.81. The van der Waals surface area contributed by atoms with Crippen molar-refractivity contribution in [3.05, 3.63) is 0 Å². The van der Waals surface area contributed by atoms with Crippen LogP contribution in [0.1, 0.15) is 1.43 Å². The van der Waals surface area contributed by atoms with Crippen molar-refractivity contribution in [2.24, 2.45) is 0 Å². The molecule has 0 unspecified atom stereocenters. The Bertz CT molecular complexity index is 62.2. The molecule has 0 aliphatic carbocycles. The predicted molar refractivity (Wildman–Crippen MR) is 15.4 cm³/mol. The molecule has 0 atom stereocenters. The number of hydrogen-bond acceptors (Lipinski definition) is 1. The molecule has 0 aromatic rings. The molecule has 38 valence electrons. The molecule has 0 saturated heterocycles. The second-order valence-electron chi connectivity index (χ2n) is 0.513. The molecular formula is H4KO4PTi. The fraction of sp³-hybridized carbons (Fsp3) is 0. The minimum atomic E-state index is -4.64. The molecule has 0 bridgehead atoms. The van der Waals surface area contributed by atoms with Gasteiger partial charge >= 0.3 is 59.2 Å². The van der Waals surface area contributed by atoms with Crippen LogP contribution in [0, 0.1) is 0 Å². The summed E-state index contributed by atoms with van der Waals surface area (Å²) in [4.78, 5) is 21.6. The average molecular weight is 186 g/mol. The molecular weight excluding hydrogens is 182 g/mol. The Balaban J connectivity index is -0.0000000267. The quantitative estimate of drug-likeness (QED) is 0.267. The monoisotopic (exact) mass is 186 g/mol. The van der Waals surface area contributed by atoms with Crippen molar-refractivity contribution in [3.63, 3.8) is 0 Å². The maximum absolute atomic E-state index is 8.88. The molecule has 3 N–H and O–H groups in total. The van der Waals surface area contributed by atoms with E-state index in [0.29, 0.717) is 0 Å². The molecule has 7 heteroatoms. The van der Waals surface area contributed by atoms with Crippen LogP contribution < -0.4 is 51.4 Å². The van der Waals surface area contributed by atoms with E-state index in [1.807, 2.05) is 0 Å². The van der Waals surface area contributed by atoms with Crippen LogP contribution in [0.3, 0.4) is 0 Å². The Labute approximate surface area is 99.7 Å². The van der Waals surface area contributed by atoms with E-state index >= 15 is 0 Å². The molecule has 0 aliphatic heterocycles. The summed E-state index contributed by atoms with van der Waals surface area (Å²) in [5.41, 5.74) is 0. The molecule has 0 saturated carbocycles. The molecule has 0 aromatic carbocycles. The van der Waals surface area contributed by atoms with Crippen LogP contribution >= 0.6 is 7.82 Å². The second-order valence-corrected chi connectivity index (χ2v) is 1.54. The van der Waals surface area contributed by atoms with Gasteiger partial charge in [0, 0.05) is 21.7 Å². The SMILES string of the molecule is O=P(O)(O)O.[H-].[K+].[Ti]. The molecule has 0 aliphatic rings. The molecule has 0 fully saturated rings. The Morgan fingerprint density at radius 3 is 1.29 bits per heavy atom. The third-order valence-corrected chi connectivity index (χ3v) is 0. The van der Waals surface area contributed by atoms with Crippen LogP contribution in [0.4, 0.5) is 0 Å². The standard InChI is InChI=1S/K.H3O4P.Ti.H/c;1-5(2,3)4;;/h;(H3,1,2,3,4);;/q+1;;;-1. The maximum atomic E-state index is 8.88. The van der Waals surface area contributed by atoms with E-state index in [2.05, 4.69) is 0 Å². The minimum Gasteiger partial charge on any atom is -1.00 e. The van der Waals surface area contributed by atoms with E-state index in [4.69, 9.17) is 19.2 Å². The van der Waals surface area contributed by atoms with Gasteiger partial charge in [-0.1, -0.05) is 0 Å². The van der Waals surface area contributed by atoms with Gasteiger partial charge in [0.25, 0.3) is 0 Å². The van der Waals surface area contributed by atoms with Gasteiger partial charge in [0.05, 0.1) is 0 Å². The van der Waals surface area contributed by atoms with Gasteiger partial charge in [-0.25, -0.2) is 4.57 Å². The zero-order valence-corrected chi connectivity index (χ0v) is 9.28. The van der Waals surface area contributed by atoms with E-state index in [9.17, 15) is 0 Å². The first kappa shape index (κ1) is 16.2. The van der Waals surface area contributed by atoms with E-state index in [0.717, 1.165) is 0 Å². The van der Waals surface area contributed by atoms with Crippen molar-refractivity contribution in [1.82, 2.24) is 0 Å². The third-order valence-electron chi connectivity index (χ3n) is 0. The van der Waals surface area contributed by atoms with E-state index < -0.39 is 7.82 Å². The molecule has 7 heavy (non-hydrogen) atoms. The van der Waals surface area contributed by atoms with E-state index in [1.54, 1.807) is 0 Å². The molecule has 0 aromatic heterocycles. The van der Waals surface area contributed by atoms with Gasteiger partial charge in [-0.05, 0) is 0 Å². The Morgan fingerprint density at radius 2 is 1.29 bits per heavy atom. The molecule has 4 nitrogen and oxygen atoms in total. The normalized spacial score (nSPS) is 8.43. The van der Waals surface area contributed by atoms with Crippen LogP contribution in [-0.2, 0) is 26.3 Å². The number of rotatable bonds is 0. The van der Waals surface area contributed by atoms with Gasteiger partial charge in [-0.2, -0.15) is 0 Å². The van der Waals surface area contributed by atoms with E-state index in [-0.39, 0.29) is 74.5 Å². The van der Waals surface area contributed by atoms with Gasteiger partial charge in [-0.15, -0.1) is 0 Å². The van der Waals surface area contributed by atoms with Crippen LogP contribution in [-0.4, -0.2) is 14.7 Å². The van der Waals surface area contributed by atoms with Gasteiger partial charge in [0.15, 0.2) is 0 Å². The summed E-state index contributed by atoms with van der Waals surface area (Å²) in [6.45, 7) is 0. The first-order chi connectivity index (χ1) is 2.00. The van der Waals surface area contributed by atoms with Crippen LogP contribution in [0.2, 0.25) is 0 Å². The summed E-state index contributed by atoms with van der Waals surface area (Å²) in [5, 5.41) is 0. The van der Waals surface area contributed by atoms with E-state index in [1.165, 1.54) is 0 Å². The average Bonchev–Trinajstić information content (AvgIpc) is 0.722. The maximum Gasteiger partial charge on any atom is 1.00 e. The fourth-order valence-corrected chi connectivity index (χ4v) is 0. The Hall–Kier alpha value is 2.46. The summed E-state index contributed by atoms with van der Waals surface area (Å²) in [6, 6.07) is 0. The summed E-state index contributed by atoms with van der Waals surface area (Å²) >= 11 is 0. The van der Waals surface area contributed by atoms with Gasteiger partial charge < -0.3 is 16.1 Å². The first-order valence-electron chi connectivity index (χ1n) is 0.783. The summed E-state index contributed by atoms with van der Waals surface area (Å²) in [5.74, 6) is 0. The Kier molecular flexibility index (Phi) is 15.2. The van der Waals surface area contributed by atoms with Crippen LogP contribution in [0.5, 0.6) is 0 Å². The zero-order valence-electron chi connectivity index (χ0n) is 4.70. The van der Waals surface area contributed by atoms with Crippen molar-refractivity contribution in [2.75, 3.05) is 0 Å². The molecule has 0 rings (SSSR count). The fourth-order valence-electron chi connectivity index (χ4n) is 0. The Morgan fingerprint density at radius 1 is 1.29 bits per heavy atom. The van der Waals surface area contributed by atoms with Crippen molar-refractivity contribution in [3.8, 4) is 0 Å². The zero-order chi connectivity index (χ0) is 4.50. The third kappa shape index (κ3) is 58.3. The molecule has 0 spiro atoms. The topological polar surface area (TPSA) is 77.8 Å². The number of hydrogen-bond donors (Lipinski definition) is 3. The van der Waals surface area contributed by atoms with Crippen molar-refractivity contribution >= 4 is 7.82 Å². The van der Waals surface area contributed by atoms with Gasteiger partial charge in [0.1, 0.15) is 0 Å². The minimum absolute atomic E-state index is 0. The van der Waals surface area contributed by atoms with Crippen LogP contribution in [0.15, 0.2) is 0 Å². The largest absolute Gasteiger partial charge is 1.00 e. The van der Waals surface area contributed by atoms with Crippen molar-refractivity contribution < 1.29 is 93.8 Å². The van der Waals surface area contributed by atoms with Crippen LogP contribution in [0.25, 0.3) is 0 Å².